The van der Waals surface area contributed by atoms with E-state index in [1.54, 1.807) is 9.80 Å². The lowest BCUT2D eigenvalue weighted by molar-refractivity contribution is -0.156. The van der Waals surface area contributed by atoms with Crippen molar-refractivity contribution < 1.29 is 9.59 Å². The van der Waals surface area contributed by atoms with Gasteiger partial charge in [-0.15, -0.1) is 0 Å². The Morgan fingerprint density at radius 1 is 1.19 bits per heavy atom. The molecule has 1 aliphatic heterocycles. The Hall–Kier alpha value is -0.710. The first-order valence-corrected chi connectivity index (χ1v) is 6.23. The lowest BCUT2D eigenvalue weighted by Crippen LogP contribution is -2.56. The first kappa shape index (κ1) is 13.4. The Labute approximate surface area is 102 Å². The highest BCUT2D eigenvalue weighted by Gasteiger charge is 2.34. The van der Waals surface area contributed by atoms with E-state index in [-0.39, 0.29) is 17.2 Å². The molecule has 0 bridgehead atoms. The molecule has 2 amide bonds. The van der Waals surface area contributed by atoms with Crippen LogP contribution in [0, 0.1) is 5.41 Å². The molecule has 1 saturated heterocycles. The molecule has 1 rings (SSSR count). The quantitative estimate of drug-likeness (QED) is 0.582. The zero-order valence-corrected chi connectivity index (χ0v) is 11.1. The second-order valence-corrected chi connectivity index (χ2v) is 5.25. The minimum atomic E-state index is -0.372. The first-order valence-electron chi connectivity index (χ1n) is 5.60. The van der Waals surface area contributed by atoms with Crippen molar-refractivity contribution in [1.29, 1.82) is 0 Å². The zero-order valence-electron chi connectivity index (χ0n) is 10.2. The van der Waals surface area contributed by atoms with Crippen molar-refractivity contribution in [3.8, 4) is 0 Å². The number of carbonyl (C=O) groups excluding carboxylic acids is 2. The van der Waals surface area contributed by atoms with Gasteiger partial charge < -0.3 is 9.80 Å². The molecule has 1 heterocycles. The van der Waals surface area contributed by atoms with Gasteiger partial charge in [0.15, 0.2) is 0 Å². The Morgan fingerprint density at radius 2 is 1.69 bits per heavy atom. The monoisotopic (exact) mass is 244 g/mol. The van der Waals surface area contributed by atoms with Gasteiger partial charge in [0.05, 0.1) is 0 Å². The molecule has 0 radical (unpaired) electrons. The molecule has 0 N–H and O–H groups in total. The van der Waals surface area contributed by atoms with Gasteiger partial charge in [-0.3, -0.25) is 9.59 Å². The summed E-state index contributed by atoms with van der Waals surface area (Å²) < 4.78 is 0. The van der Waals surface area contributed by atoms with Crippen LogP contribution in [0.25, 0.3) is 0 Å². The van der Waals surface area contributed by atoms with Crippen LogP contribution < -0.4 is 0 Å². The van der Waals surface area contributed by atoms with Gasteiger partial charge in [-0.05, 0) is 18.1 Å². The molecule has 1 aliphatic rings. The average molecular weight is 244 g/mol. The summed E-state index contributed by atoms with van der Waals surface area (Å²) in [4.78, 5) is 26.7. The molecular formula is C11H20N2O2S. The van der Waals surface area contributed by atoms with Crippen LogP contribution in [-0.2, 0) is 9.59 Å². The van der Waals surface area contributed by atoms with Crippen molar-refractivity contribution in [2.75, 3.05) is 31.9 Å². The number of likely N-dealkylation sites (N-methyl/N-ethyl adjacent to an activating group) is 1. The van der Waals surface area contributed by atoms with Crippen molar-refractivity contribution in [3.63, 3.8) is 0 Å². The number of carbonyl (C=O) groups is 2. The molecule has 0 aliphatic carbocycles. The molecule has 0 spiro atoms. The number of nitrogens with zero attached hydrogens (tertiary/aromatic N) is 2. The smallest absolute Gasteiger partial charge is 0.312 e. The largest absolute Gasteiger partial charge is 0.333 e. The Bertz CT molecular complexity index is 292. The van der Waals surface area contributed by atoms with Crippen LogP contribution in [0.5, 0.6) is 0 Å². The van der Waals surface area contributed by atoms with Crippen molar-refractivity contribution in [2.45, 2.75) is 20.8 Å². The molecule has 0 aromatic heterocycles. The number of thiol groups is 1. The van der Waals surface area contributed by atoms with Crippen LogP contribution in [0.3, 0.4) is 0 Å². The highest BCUT2D eigenvalue weighted by molar-refractivity contribution is 7.80. The van der Waals surface area contributed by atoms with Gasteiger partial charge in [0, 0.05) is 26.2 Å². The lowest BCUT2D eigenvalue weighted by atomic mass is 9.95. The highest BCUT2D eigenvalue weighted by atomic mass is 32.1. The van der Waals surface area contributed by atoms with E-state index in [1.165, 1.54) is 0 Å². The molecule has 92 valence electrons. The van der Waals surface area contributed by atoms with E-state index in [0.29, 0.717) is 31.9 Å². The van der Waals surface area contributed by atoms with Crippen LogP contribution in [-0.4, -0.2) is 53.5 Å². The second kappa shape index (κ2) is 5.08. The predicted octanol–water partition coefficient (Wildman–Crippen LogP) is 0.633. The van der Waals surface area contributed by atoms with E-state index in [9.17, 15) is 9.59 Å². The summed E-state index contributed by atoms with van der Waals surface area (Å²) >= 11 is 4.26. The number of amides is 2. The maximum Gasteiger partial charge on any atom is 0.312 e. The summed E-state index contributed by atoms with van der Waals surface area (Å²) in [5.41, 5.74) is -0.0482. The second-order valence-electron chi connectivity index (χ2n) is 4.93. The van der Waals surface area contributed by atoms with Gasteiger partial charge in [0.25, 0.3) is 0 Å². The third kappa shape index (κ3) is 2.90. The van der Waals surface area contributed by atoms with Gasteiger partial charge in [-0.25, -0.2) is 0 Å². The molecule has 0 saturated carbocycles. The zero-order chi connectivity index (χ0) is 12.3. The van der Waals surface area contributed by atoms with Gasteiger partial charge in [0.2, 0.25) is 0 Å². The van der Waals surface area contributed by atoms with Gasteiger partial charge >= 0.3 is 11.8 Å². The maximum absolute atomic E-state index is 11.8. The molecular weight excluding hydrogens is 224 g/mol. The van der Waals surface area contributed by atoms with Crippen molar-refractivity contribution in [3.05, 3.63) is 0 Å². The SMILES string of the molecule is CCN1CCN(CC(C)(C)CS)C(=O)C1=O. The number of piperazine rings is 1. The fourth-order valence-electron chi connectivity index (χ4n) is 1.73. The third-order valence-electron chi connectivity index (χ3n) is 2.83. The fourth-order valence-corrected chi connectivity index (χ4v) is 1.83. The van der Waals surface area contributed by atoms with Gasteiger partial charge in [-0.2, -0.15) is 12.6 Å². The van der Waals surface area contributed by atoms with Gasteiger partial charge in [0.1, 0.15) is 0 Å². The number of hydrogen-bond donors (Lipinski definition) is 1. The first-order chi connectivity index (χ1) is 7.41. The van der Waals surface area contributed by atoms with Crippen LogP contribution in [0.15, 0.2) is 0 Å². The summed E-state index contributed by atoms with van der Waals surface area (Å²) in [5, 5.41) is 0. The molecule has 1 fully saturated rings. The molecule has 0 aromatic carbocycles. The van der Waals surface area contributed by atoms with E-state index < -0.39 is 0 Å². The van der Waals surface area contributed by atoms with E-state index in [2.05, 4.69) is 12.6 Å². The third-order valence-corrected chi connectivity index (χ3v) is 3.68. The molecule has 0 aromatic rings. The summed E-state index contributed by atoms with van der Waals surface area (Å²) in [5.74, 6) is -0.0469. The normalized spacial score (nSPS) is 18.2. The predicted molar refractivity (Wildman–Crippen MR) is 66.5 cm³/mol. The molecule has 4 nitrogen and oxygen atoms in total. The van der Waals surface area contributed by atoms with E-state index in [4.69, 9.17) is 0 Å². The lowest BCUT2D eigenvalue weighted by Gasteiger charge is -2.37. The van der Waals surface area contributed by atoms with Crippen molar-refractivity contribution in [1.82, 2.24) is 9.80 Å². The minimum Gasteiger partial charge on any atom is -0.333 e. The van der Waals surface area contributed by atoms with Gasteiger partial charge in [-0.1, -0.05) is 13.8 Å². The van der Waals surface area contributed by atoms with Crippen molar-refractivity contribution in [2.24, 2.45) is 5.41 Å². The van der Waals surface area contributed by atoms with Crippen molar-refractivity contribution >= 4 is 24.4 Å². The standard InChI is InChI=1S/C11H20N2O2S/c1-4-12-5-6-13(10(15)9(12)14)7-11(2,3)8-16/h16H,4-8H2,1-3H3. The summed E-state index contributed by atoms with van der Waals surface area (Å²) in [7, 11) is 0. The highest BCUT2D eigenvalue weighted by Crippen LogP contribution is 2.20. The topological polar surface area (TPSA) is 40.6 Å². The molecule has 0 atom stereocenters. The molecule has 5 heteroatoms. The summed E-state index contributed by atoms with van der Waals surface area (Å²) in [6.07, 6.45) is 0. The Kier molecular flexibility index (Phi) is 4.24. The van der Waals surface area contributed by atoms with Crippen LogP contribution in [0.1, 0.15) is 20.8 Å². The van der Waals surface area contributed by atoms with E-state index in [1.807, 2.05) is 20.8 Å². The fraction of sp³-hybridized carbons (Fsp3) is 0.818. The average Bonchev–Trinajstić information content (AvgIpc) is 2.25. The van der Waals surface area contributed by atoms with E-state index in [0.717, 1.165) is 0 Å². The Morgan fingerprint density at radius 3 is 2.19 bits per heavy atom. The Balaban J connectivity index is 2.65. The molecule has 16 heavy (non-hydrogen) atoms. The van der Waals surface area contributed by atoms with Crippen LogP contribution in [0.4, 0.5) is 0 Å². The number of hydrogen-bond acceptors (Lipinski definition) is 3. The summed E-state index contributed by atoms with van der Waals surface area (Å²) in [6.45, 7) is 8.46. The van der Waals surface area contributed by atoms with Crippen LogP contribution >= 0.6 is 12.6 Å². The van der Waals surface area contributed by atoms with Crippen LogP contribution in [0.2, 0.25) is 0 Å². The van der Waals surface area contributed by atoms with E-state index >= 15 is 0 Å². The summed E-state index contributed by atoms with van der Waals surface area (Å²) in [6, 6.07) is 0. The minimum absolute atomic E-state index is 0.0482. The molecule has 0 unspecified atom stereocenters. The number of rotatable bonds is 4. The maximum atomic E-state index is 11.8.